The number of fused-ring (bicyclic) bond motifs is 1. The summed E-state index contributed by atoms with van der Waals surface area (Å²) in [5.41, 5.74) is 0.810. The fraction of sp³-hybridized carbons (Fsp3) is 0.615. The molecule has 0 atom stereocenters. The summed E-state index contributed by atoms with van der Waals surface area (Å²) in [6.07, 6.45) is 6.91. The van der Waals surface area contributed by atoms with Crippen molar-refractivity contribution in [2.75, 3.05) is 13.1 Å². The van der Waals surface area contributed by atoms with Crippen molar-refractivity contribution in [1.29, 1.82) is 0 Å². The molecule has 0 unspecified atom stereocenters. The third-order valence-corrected chi connectivity index (χ3v) is 3.94. The van der Waals surface area contributed by atoms with Gasteiger partial charge in [0.1, 0.15) is 11.0 Å². The van der Waals surface area contributed by atoms with Crippen molar-refractivity contribution in [3.63, 3.8) is 0 Å². The van der Waals surface area contributed by atoms with Gasteiger partial charge in [-0.25, -0.2) is 9.97 Å². The Morgan fingerprint density at radius 1 is 1.16 bits per heavy atom. The highest BCUT2D eigenvalue weighted by atomic mass is 35.5. The summed E-state index contributed by atoms with van der Waals surface area (Å²) in [5, 5.41) is 5.50. The van der Waals surface area contributed by atoms with Gasteiger partial charge in [0.25, 0.3) is 0 Å². The monoisotopic (exact) mass is 279 g/mol. The molecule has 1 fully saturated rings. The molecule has 1 saturated heterocycles. The molecule has 19 heavy (non-hydrogen) atoms. The summed E-state index contributed by atoms with van der Waals surface area (Å²) in [7, 11) is 1.88. The molecular weight excluding hydrogens is 262 g/mol. The Kier molecular flexibility index (Phi) is 3.66. The first-order valence-electron chi connectivity index (χ1n) is 6.80. The molecule has 0 spiro atoms. The van der Waals surface area contributed by atoms with Crippen LogP contribution in [0.4, 0.5) is 0 Å². The van der Waals surface area contributed by atoms with Crippen LogP contribution in [0.3, 0.4) is 0 Å². The summed E-state index contributed by atoms with van der Waals surface area (Å²) in [5.74, 6) is 0.794. The molecule has 0 N–H and O–H groups in total. The zero-order chi connectivity index (χ0) is 13.2. The minimum absolute atomic E-state index is 0.503. The van der Waals surface area contributed by atoms with Gasteiger partial charge in [-0.15, -0.1) is 0 Å². The van der Waals surface area contributed by atoms with Crippen LogP contribution >= 0.6 is 11.6 Å². The maximum absolute atomic E-state index is 6.20. The molecule has 2 aromatic rings. The van der Waals surface area contributed by atoms with Gasteiger partial charge in [-0.2, -0.15) is 5.10 Å². The zero-order valence-electron chi connectivity index (χ0n) is 11.1. The SMILES string of the molecule is Cn1ncc2c(Cl)nc(CN3CCCCCC3)nc21. The average Bonchev–Trinajstić information content (AvgIpc) is 2.62. The van der Waals surface area contributed by atoms with Crippen LogP contribution in [0.5, 0.6) is 0 Å². The maximum atomic E-state index is 6.20. The Morgan fingerprint density at radius 3 is 2.63 bits per heavy atom. The molecule has 0 saturated carbocycles. The van der Waals surface area contributed by atoms with Gasteiger partial charge in [0, 0.05) is 7.05 Å². The smallest absolute Gasteiger partial charge is 0.162 e. The molecule has 0 amide bonds. The number of likely N-dealkylation sites (tertiary alicyclic amines) is 1. The van der Waals surface area contributed by atoms with Crippen LogP contribution < -0.4 is 0 Å². The van der Waals surface area contributed by atoms with E-state index in [1.54, 1.807) is 10.9 Å². The number of hydrogen-bond acceptors (Lipinski definition) is 4. The largest absolute Gasteiger partial charge is 0.296 e. The Hall–Kier alpha value is -1.20. The van der Waals surface area contributed by atoms with Crippen LogP contribution in [0, 0.1) is 0 Å². The number of nitrogens with zero attached hydrogens (tertiary/aromatic N) is 5. The van der Waals surface area contributed by atoms with Gasteiger partial charge in [0.2, 0.25) is 0 Å². The highest BCUT2D eigenvalue weighted by Crippen LogP contribution is 2.20. The van der Waals surface area contributed by atoms with E-state index in [1.165, 1.54) is 25.7 Å². The van der Waals surface area contributed by atoms with Crippen molar-refractivity contribution < 1.29 is 0 Å². The van der Waals surface area contributed by atoms with Crippen LogP contribution in [0.1, 0.15) is 31.5 Å². The number of rotatable bonds is 2. The van der Waals surface area contributed by atoms with Crippen LogP contribution in [0.2, 0.25) is 5.15 Å². The minimum Gasteiger partial charge on any atom is -0.296 e. The maximum Gasteiger partial charge on any atom is 0.162 e. The number of aromatic nitrogens is 4. The lowest BCUT2D eigenvalue weighted by Crippen LogP contribution is -2.25. The molecule has 1 aliphatic rings. The van der Waals surface area contributed by atoms with E-state index in [0.717, 1.165) is 36.5 Å². The van der Waals surface area contributed by atoms with E-state index < -0.39 is 0 Å². The Morgan fingerprint density at radius 2 is 1.89 bits per heavy atom. The van der Waals surface area contributed by atoms with Crippen molar-refractivity contribution >= 4 is 22.6 Å². The lowest BCUT2D eigenvalue weighted by atomic mass is 10.2. The van der Waals surface area contributed by atoms with Crippen molar-refractivity contribution in [2.24, 2.45) is 7.05 Å². The average molecular weight is 280 g/mol. The fourth-order valence-corrected chi connectivity index (χ4v) is 2.83. The molecule has 0 bridgehead atoms. The van der Waals surface area contributed by atoms with E-state index in [2.05, 4.69) is 20.0 Å². The predicted molar refractivity (Wildman–Crippen MR) is 75.1 cm³/mol. The lowest BCUT2D eigenvalue weighted by Gasteiger charge is -2.18. The highest BCUT2D eigenvalue weighted by Gasteiger charge is 2.14. The second kappa shape index (κ2) is 5.43. The Bertz CT molecular complexity index is 572. The van der Waals surface area contributed by atoms with Gasteiger partial charge < -0.3 is 0 Å². The third kappa shape index (κ3) is 2.72. The van der Waals surface area contributed by atoms with Gasteiger partial charge in [0.15, 0.2) is 5.65 Å². The van der Waals surface area contributed by atoms with Crippen LogP contribution in [-0.4, -0.2) is 37.7 Å². The summed E-state index contributed by atoms with van der Waals surface area (Å²) >= 11 is 6.20. The summed E-state index contributed by atoms with van der Waals surface area (Å²) in [4.78, 5) is 11.4. The highest BCUT2D eigenvalue weighted by molar-refractivity contribution is 6.33. The third-order valence-electron chi connectivity index (χ3n) is 3.66. The standard InChI is InChI=1S/C13H18ClN5/c1-18-13-10(8-15-18)12(14)16-11(17-13)9-19-6-4-2-3-5-7-19/h8H,2-7,9H2,1H3. The topological polar surface area (TPSA) is 46.8 Å². The van der Waals surface area contributed by atoms with E-state index in [9.17, 15) is 0 Å². The molecule has 0 aliphatic carbocycles. The number of hydrogen-bond donors (Lipinski definition) is 0. The van der Waals surface area contributed by atoms with E-state index in [0.29, 0.717) is 5.15 Å². The van der Waals surface area contributed by atoms with Gasteiger partial charge >= 0.3 is 0 Å². The second-order valence-electron chi connectivity index (χ2n) is 5.13. The van der Waals surface area contributed by atoms with Crippen LogP contribution in [0.25, 0.3) is 11.0 Å². The molecule has 3 rings (SSSR count). The van der Waals surface area contributed by atoms with E-state index in [-0.39, 0.29) is 0 Å². The van der Waals surface area contributed by atoms with Crippen LogP contribution in [0.15, 0.2) is 6.20 Å². The zero-order valence-corrected chi connectivity index (χ0v) is 11.9. The molecule has 0 radical (unpaired) electrons. The molecular formula is C13H18ClN5. The molecule has 0 aromatic carbocycles. The Labute approximate surface area is 117 Å². The number of aryl methyl sites for hydroxylation is 1. The summed E-state index contributed by atoms with van der Waals surface area (Å²) in [6.45, 7) is 3.04. The molecule has 102 valence electrons. The van der Waals surface area contributed by atoms with E-state index >= 15 is 0 Å². The fourth-order valence-electron chi connectivity index (χ4n) is 2.59. The summed E-state index contributed by atoms with van der Waals surface area (Å²) in [6, 6.07) is 0. The van der Waals surface area contributed by atoms with Crippen molar-refractivity contribution in [3.8, 4) is 0 Å². The molecule has 6 heteroatoms. The minimum atomic E-state index is 0.503. The van der Waals surface area contributed by atoms with E-state index in [4.69, 9.17) is 11.6 Å². The molecule has 1 aliphatic heterocycles. The first-order valence-corrected chi connectivity index (χ1v) is 7.18. The van der Waals surface area contributed by atoms with Gasteiger partial charge in [0.05, 0.1) is 18.1 Å². The van der Waals surface area contributed by atoms with Gasteiger partial charge in [-0.05, 0) is 25.9 Å². The first kappa shape index (κ1) is 12.8. The molecule has 3 heterocycles. The van der Waals surface area contributed by atoms with E-state index in [1.807, 2.05) is 7.05 Å². The Balaban J connectivity index is 1.85. The number of halogens is 1. The molecule has 5 nitrogen and oxygen atoms in total. The quantitative estimate of drug-likeness (QED) is 0.792. The summed E-state index contributed by atoms with van der Waals surface area (Å²) < 4.78 is 1.74. The van der Waals surface area contributed by atoms with Gasteiger partial charge in [-0.3, -0.25) is 9.58 Å². The normalized spacial score (nSPS) is 17.8. The van der Waals surface area contributed by atoms with Crippen molar-refractivity contribution in [2.45, 2.75) is 32.2 Å². The first-order chi connectivity index (χ1) is 9.24. The molecule has 2 aromatic heterocycles. The van der Waals surface area contributed by atoms with Gasteiger partial charge in [-0.1, -0.05) is 24.4 Å². The van der Waals surface area contributed by atoms with Crippen LogP contribution in [-0.2, 0) is 13.6 Å². The predicted octanol–water partition coefficient (Wildman–Crippen LogP) is 2.39. The second-order valence-corrected chi connectivity index (χ2v) is 5.48. The van der Waals surface area contributed by atoms with Crippen molar-refractivity contribution in [3.05, 3.63) is 17.2 Å². The van der Waals surface area contributed by atoms with Crippen molar-refractivity contribution in [1.82, 2.24) is 24.6 Å². The lowest BCUT2D eigenvalue weighted by molar-refractivity contribution is 0.270.